The van der Waals surface area contributed by atoms with Gasteiger partial charge < -0.3 is 10.1 Å². The molecule has 1 N–H and O–H groups in total. The van der Waals surface area contributed by atoms with Crippen LogP contribution in [-0.4, -0.2) is 22.4 Å². The summed E-state index contributed by atoms with van der Waals surface area (Å²) in [7, 11) is 0. The van der Waals surface area contributed by atoms with E-state index < -0.39 is 29.2 Å². The summed E-state index contributed by atoms with van der Waals surface area (Å²) >= 11 is 7.58. The van der Waals surface area contributed by atoms with Gasteiger partial charge in [-0.2, -0.15) is 13.2 Å². The Morgan fingerprint density at radius 2 is 1.87 bits per heavy atom. The van der Waals surface area contributed by atoms with E-state index in [-0.39, 0.29) is 10.8 Å². The van der Waals surface area contributed by atoms with Crippen LogP contribution in [0.25, 0.3) is 0 Å². The molecule has 3 aromatic rings. The first-order chi connectivity index (χ1) is 14.2. The van der Waals surface area contributed by atoms with Crippen LogP contribution in [0, 0.1) is 6.92 Å². The number of hydrogen-bond acceptors (Lipinski definition) is 5. The second kappa shape index (κ2) is 8.93. The molecule has 156 valence electrons. The Kier molecular flexibility index (Phi) is 6.52. The Labute approximate surface area is 179 Å². The molecule has 0 fully saturated rings. The van der Waals surface area contributed by atoms with Crippen LogP contribution in [0.3, 0.4) is 0 Å². The summed E-state index contributed by atoms with van der Waals surface area (Å²) in [5, 5.41) is 9.44. The summed E-state index contributed by atoms with van der Waals surface area (Å²) in [5.74, 6) is -1.04. The topological polar surface area (TPSA) is 64.1 Å². The molecular formula is C20H15ClF3N3O2S. The number of para-hydroxylation sites is 1. The van der Waals surface area contributed by atoms with Crippen LogP contribution in [0.1, 0.15) is 21.6 Å². The van der Waals surface area contributed by atoms with Crippen molar-refractivity contribution in [3.63, 3.8) is 0 Å². The number of ether oxygens (including phenoxy) is 1. The monoisotopic (exact) mass is 453 g/mol. The van der Waals surface area contributed by atoms with Crippen molar-refractivity contribution in [2.75, 3.05) is 11.6 Å². The molecular weight excluding hydrogens is 439 g/mol. The van der Waals surface area contributed by atoms with Crippen LogP contribution in [-0.2, 0) is 6.18 Å². The molecule has 0 aliphatic carbocycles. The third-order valence-corrected chi connectivity index (χ3v) is 5.01. The molecule has 5 nitrogen and oxygen atoms in total. The first-order valence-electron chi connectivity index (χ1n) is 8.52. The molecule has 1 heterocycles. The maximum Gasteiger partial charge on any atom is 0.435 e. The van der Waals surface area contributed by atoms with Crippen molar-refractivity contribution >= 4 is 35.0 Å². The highest BCUT2D eigenvalue weighted by atomic mass is 35.5. The highest BCUT2D eigenvalue weighted by molar-refractivity contribution is 7.98. The van der Waals surface area contributed by atoms with Gasteiger partial charge in [-0.1, -0.05) is 29.8 Å². The Morgan fingerprint density at radius 3 is 2.53 bits per heavy atom. The molecule has 30 heavy (non-hydrogen) atoms. The van der Waals surface area contributed by atoms with E-state index in [9.17, 15) is 18.0 Å². The van der Waals surface area contributed by atoms with Gasteiger partial charge in [0, 0.05) is 10.6 Å². The van der Waals surface area contributed by atoms with Crippen molar-refractivity contribution in [3.8, 4) is 11.6 Å². The van der Waals surface area contributed by atoms with E-state index in [1.54, 1.807) is 43.3 Å². The number of anilines is 1. The van der Waals surface area contributed by atoms with Gasteiger partial charge in [0.2, 0.25) is 0 Å². The lowest BCUT2D eigenvalue weighted by atomic mass is 10.2. The molecule has 1 amide bonds. The van der Waals surface area contributed by atoms with Gasteiger partial charge in [-0.05, 0) is 49.1 Å². The Balaban J connectivity index is 2.02. The zero-order valence-corrected chi connectivity index (χ0v) is 17.3. The molecule has 2 aromatic carbocycles. The fraction of sp³-hybridized carbons (Fsp3) is 0.150. The molecule has 0 aliphatic heterocycles. The van der Waals surface area contributed by atoms with Crippen molar-refractivity contribution in [1.29, 1.82) is 0 Å². The number of aromatic nitrogens is 2. The first kappa shape index (κ1) is 21.9. The fourth-order valence-corrected chi connectivity index (χ4v) is 3.22. The second-order valence-electron chi connectivity index (χ2n) is 6.12. The smallest absolute Gasteiger partial charge is 0.435 e. The Bertz CT molecular complexity index is 1070. The highest BCUT2D eigenvalue weighted by Crippen LogP contribution is 2.35. The van der Waals surface area contributed by atoms with E-state index in [0.717, 1.165) is 4.90 Å². The Hall–Kier alpha value is -2.78. The minimum absolute atomic E-state index is 0.173. The predicted octanol–water partition coefficient (Wildman–Crippen LogP) is 6.22. The standard InChI is InChI=1S/C20H15ClF3N3O2S/c1-11-5-3-8-15(21)17(11)29-19-14(10-16(26-27-19)20(22,23)24)18(28)25-12-6-4-7-13(9-12)30-2/h3-10H,1-2H3,(H,25,28). The van der Waals surface area contributed by atoms with E-state index in [1.165, 1.54) is 11.8 Å². The van der Waals surface area contributed by atoms with E-state index in [1.807, 2.05) is 12.3 Å². The molecule has 0 unspecified atom stereocenters. The third-order valence-electron chi connectivity index (χ3n) is 3.99. The number of carbonyl (C=O) groups is 1. The molecule has 0 saturated carbocycles. The lowest BCUT2D eigenvalue weighted by molar-refractivity contribution is -0.141. The maximum atomic E-state index is 13.1. The highest BCUT2D eigenvalue weighted by Gasteiger charge is 2.35. The van der Waals surface area contributed by atoms with E-state index in [2.05, 4.69) is 15.5 Å². The second-order valence-corrected chi connectivity index (χ2v) is 7.41. The van der Waals surface area contributed by atoms with Gasteiger partial charge in [-0.15, -0.1) is 22.0 Å². The number of amides is 1. The zero-order valence-electron chi connectivity index (χ0n) is 15.7. The molecule has 1 aromatic heterocycles. The number of nitrogens with zero attached hydrogens (tertiary/aromatic N) is 2. The summed E-state index contributed by atoms with van der Waals surface area (Å²) in [6.45, 7) is 1.70. The van der Waals surface area contributed by atoms with Crippen LogP contribution >= 0.6 is 23.4 Å². The summed E-state index contributed by atoms with van der Waals surface area (Å²) < 4.78 is 45.0. The van der Waals surface area contributed by atoms with Crippen LogP contribution in [0.2, 0.25) is 5.02 Å². The van der Waals surface area contributed by atoms with Gasteiger partial charge in [0.05, 0.1) is 5.02 Å². The average molecular weight is 454 g/mol. The van der Waals surface area contributed by atoms with Gasteiger partial charge in [0.25, 0.3) is 11.8 Å². The van der Waals surface area contributed by atoms with Crippen molar-refractivity contribution in [2.45, 2.75) is 18.0 Å². The largest absolute Gasteiger partial charge is 0.435 e. The number of benzene rings is 2. The van der Waals surface area contributed by atoms with Crippen molar-refractivity contribution in [1.82, 2.24) is 10.2 Å². The third kappa shape index (κ3) is 5.03. The minimum atomic E-state index is -4.78. The number of hydrogen-bond donors (Lipinski definition) is 1. The normalized spacial score (nSPS) is 11.3. The number of thioether (sulfide) groups is 1. The van der Waals surface area contributed by atoms with E-state index >= 15 is 0 Å². The van der Waals surface area contributed by atoms with Crippen molar-refractivity contribution in [3.05, 3.63) is 70.4 Å². The molecule has 0 aliphatic rings. The van der Waals surface area contributed by atoms with Crippen molar-refractivity contribution < 1.29 is 22.7 Å². The SMILES string of the molecule is CSc1cccc(NC(=O)c2cc(C(F)(F)F)nnc2Oc2c(C)cccc2Cl)c1. The van der Waals surface area contributed by atoms with E-state index in [4.69, 9.17) is 16.3 Å². The lowest BCUT2D eigenvalue weighted by Crippen LogP contribution is -2.18. The quantitative estimate of drug-likeness (QED) is 0.464. The first-order valence-corrected chi connectivity index (χ1v) is 10.1. The number of halogens is 4. The predicted molar refractivity (Wildman–Crippen MR) is 109 cm³/mol. The van der Waals surface area contributed by atoms with E-state index in [0.29, 0.717) is 17.3 Å². The van der Waals surface area contributed by atoms with Crippen LogP contribution in [0.15, 0.2) is 53.4 Å². The minimum Gasteiger partial charge on any atom is -0.435 e. The number of alkyl halides is 3. The molecule has 0 bridgehead atoms. The van der Waals surface area contributed by atoms with Gasteiger partial charge >= 0.3 is 6.18 Å². The molecule has 0 saturated heterocycles. The number of rotatable bonds is 5. The fourth-order valence-electron chi connectivity index (χ4n) is 2.50. The molecule has 0 atom stereocenters. The summed E-state index contributed by atoms with van der Waals surface area (Å²) in [6.07, 6.45) is -2.92. The summed E-state index contributed by atoms with van der Waals surface area (Å²) in [4.78, 5) is 13.7. The van der Waals surface area contributed by atoms with Crippen LogP contribution in [0.5, 0.6) is 11.6 Å². The van der Waals surface area contributed by atoms with Crippen molar-refractivity contribution in [2.24, 2.45) is 0 Å². The van der Waals surface area contributed by atoms with Crippen LogP contribution < -0.4 is 10.1 Å². The molecule has 0 spiro atoms. The van der Waals surface area contributed by atoms with Gasteiger partial charge in [0.1, 0.15) is 5.56 Å². The Morgan fingerprint density at radius 1 is 1.13 bits per heavy atom. The summed E-state index contributed by atoms with van der Waals surface area (Å²) in [5.41, 5.74) is -0.708. The number of carbonyl (C=O) groups excluding carboxylic acids is 1. The zero-order chi connectivity index (χ0) is 21.9. The van der Waals surface area contributed by atoms with Gasteiger partial charge in [-0.25, -0.2) is 0 Å². The summed E-state index contributed by atoms with van der Waals surface area (Å²) in [6, 6.07) is 12.4. The number of aryl methyl sites for hydroxylation is 1. The van der Waals surface area contributed by atoms with Gasteiger partial charge in [-0.3, -0.25) is 4.79 Å². The maximum absolute atomic E-state index is 13.1. The van der Waals surface area contributed by atoms with Crippen LogP contribution in [0.4, 0.5) is 18.9 Å². The number of nitrogens with one attached hydrogen (secondary N) is 1. The molecule has 0 radical (unpaired) electrons. The molecule has 3 rings (SSSR count). The lowest BCUT2D eigenvalue weighted by Gasteiger charge is -2.14. The molecule has 10 heteroatoms. The van der Waals surface area contributed by atoms with Gasteiger partial charge in [0.15, 0.2) is 11.4 Å². The average Bonchev–Trinajstić information content (AvgIpc) is 2.70.